The van der Waals surface area contributed by atoms with Crippen LogP contribution in [0.1, 0.15) is 11.1 Å². The van der Waals surface area contributed by atoms with Gasteiger partial charge >= 0.3 is 5.97 Å². The Bertz CT molecular complexity index is 366. The van der Waals surface area contributed by atoms with Gasteiger partial charge in [-0.3, -0.25) is 4.79 Å². The van der Waals surface area contributed by atoms with E-state index in [1.54, 1.807) is 18.2 Å². The average molecular weight is 224 g/mol. The van der Waals surface area contributed by atoms with Crippen molar-refractivity contribution < 1.29 is 15.0 Å². The van der Waals surface area contributed by atoms with E-state index in [1.165, 1.54) is 0 Å². The van der Waals surface area contributed by atoms with Gasteiger partial charge in [0.2, 0.25) is 0 Å². The number of hydrogen-bond acceptors (Lipinski definition) is 4. The van der Waals surface area contributed by atoms with Crippen molar-refractivity contribution in [3.63, 3.8) is 0 Å². The topological polar surface area (TPSA) is 110 Å². The Balaban J connectivity index is 2.70. The van der Waals surface area contributed by atoms with E-state index in [0.717, 1.165) is 11.1 Å². The summed E-state index contributed by atoms with van der Waals surface area (Å²) in [4.78, 5) is 10.6. The molecule has 1 rings (SSSR count). The smallest absolute Gasteiger partial charge is 0.320 e. The van der Waals surface area contributed by atoms with E-state index in [1.807, 2.05) is 6.07 Å². The first-order valence-electron chi connectivity index (χ1n) is 4.99. The van der Waals surface area contributed by atoms with Crippen molar-refractivity contribution in [2.45, 2.75) is 25.1 Å². The van der Waals surface area contributed by atoms with Crippen LogP contribution in [0.2, 0.25) is 0 Å². The minimum atomic E-state index is -1.02. The van der Waals surface area contributed by atoms with Crippen LogP contribution in [0.15, 0.2) is 24.3 Å². The Labute approximate surface area is 93.7 Å². The lowest BCUT2D eigenvalue weighted by Crippen LogP contribution is -2.32. The summed E-state index contributed by atoms with van der Waals surface area (Å²) in [5, 5.41) is 17.7. The molecule has 6 N–H and O–H groups in total. The molecule has 0 aliphatic carbocycles. The number of aliphatic hydroxyl groups is 1. The lowest BCUT2D eigenvalue weighted by Gasteiger charge is -2.09. The number of aliphatic carboxylic acids is 1. The van der Waals surface area contributed by atoms with E-state index >= 15 is 0 Å². The van der Waals surface area contributed by atoms with Gasteiger partial charge < -0.3 is 21.7 Å². The molecule has 5 heteroatoms. The first-order chi connectivity index (χ1) is 7.49. The molecule has 0 fully saturated rings. The molecule has 0 radical (unpaired) electrons. The zero-order chi connectivity index (χ0) is 12.1. The maximum atomic E-state index is 10.6. The van der Waals surface area contributed by atoms with Crippen LogP contribution < -0.4 is 11.5 Å². The average Bonchev–Trinajstić information content (AvgIpc) is 2.16. The summed E-state index contributed by atoms with van der Waals surface area (Å²) in [5.41, 5.74) is 12.4. The van der Waals surface area contributed by atoms with E-state index < -0.39 is 18.2 Å². The predicted octanol–water partition coefficient (Wildman–Crippen LogP) is -0.539. The molecular weight excluding hydrogens is 208 g/mol. The number of benzene rings is 1. The Morgan fingerprint density at radius 3 is 2.31 bits per heavy atom. The maximum absolute atomic E-state index is 10.6. The van der Waals surface area contributed by atoms with Crippen LogP contribution >= 0.6 is 0 Å². The third-order valence-corrected chi connectivity index (χ3v) is 2.21. The number of carboxylic acid groups (broad SMARTS) is 1. The normalized spacial score (nSPS) is 14.4. The summed E-state index contributed by atoms with van der Waals surface area (Å²) in [6.07, 6.45) is -0.289. The monoisotopic (exact) mass is 224 g/mol. The molecule has 5 nitrogen and oxygen atoms in total. The van der Waals surface area contributed by atoms with Crippen LogP contribution in [-0.2, 0) is 17.6 Å². The van der Waals surface area contributed by atoms with Crippen molar-refractivity contribution in [3.05, 3.63) is 35.4 Å². The van der Waals surface area contributed by atoms with E-state index in [0.29, 0.717) is 6.42 Å². The van der Waals surface area contributed by atoms with Crippen LogP contribution in [0, 0.1) is 0 Å². The minimum absolute atomic E-state index is 0.268. The number of rotatable bonds is 5. The number of aliphatic hydroxyl groups excluding tert-OH is 1. The highest BCUT2D eigenvalue weighted by molar-refractivity contribution is 5.73. The van der Waals surface area contributed by atoms with E-state index in [2.05, 4.69) is 0 Å². The van der Waals surface area contributed by atoms with Gasteiger partial charge in [-0.25, -0.2) is 0 Å². The minimum Gasteiger partial charge on any atom is -0.480 e. The third kappa shape index (κ3) is 3.98. The summed E-state index contributed by atoms with van der Waals surface area (Å²) in [5.74, 6) is -1.02. The zero-order valence-electron chi connectivity index (χ0n) is 8.84. The van der Waals surface area contributed by atoms with Crippen LogP contribution in [0.25, 0.3) is 0 Å². The van der Waals surface area contributed by atoms with Gasteiger partial charge in [0.05, 0.1) is 0 Å². The molecule has 1 aromatic rings. The molecule has 0 saturated carbocycles. The summed E-state index contributed by atoms with van der Waals surface area (Å²) in [7, 11) is 0. The number of carbonyl (C=O) groups is 1. The van der Waals surface area contributed by atoms with Crippen molar-refractivity contribution in [1.82, 2.24) is 0 Å². The Kier molecular flexibility index (Phi) is 4.42. The molecular formula is C11H16N2O3. The predicted molar refractivity (Wildman–Crippen MR) is 59.7 cm³/mol. The molecule has 0 heterocycles. The fraction of sp³-hybridized carbons (Fsp3) is 0.364. The van der Waals surface area contributed by atoms with Gasteiger partial charge in [-0.2, -0.15) is 0 Å². The first kappa shape index (κ1) is 12.6. The Morgan fingerprint density at radius 2 is 1.81 bits per heavy atom. The molecule has 0 spiro atoms. The fourth-order valence-electron chi connectivity index (χ4n) is 1.47. The van der Waals surface area contributed by atoms with Crippen LogP contribution in [-0.4, -0.2) is 28.5 Å². The van der Waals surface area contributed by atoms with Gasteiger partial charge in [0.15, 0.2) is 0 Å². The summed E-state index contributed by atoms with van der Waals surface area (Å²) < 4.78 is 0. The molecule has 0 bridgehead atoms. The second-order valence-electron chi connectivity index (χ2n) is 3.74. The second kappa shape index (κ2) is 5.60. The van der Waals surface area contributed by atoms with Gasteiger partial charge in [0.25, 0.3) is 0 Å². The highest BCUT2D eigenvalue weighted by atomic mass is 16.4. The van der Waals surface area contributed by atoms with Crippen molar-refractivity contribution in [3.8, 4) is 0 Å². The number of nitrogens with two attached hydrogens (primary N) is 2. The van der Waals surface area contributed by atoms with Gasteiger partial charge in [0, 0.05) is 6.42 Å². The van der Waals surface area contributed by atoms with E-state index in [9.17, 15) is 4.79 Å². The van der Waals surface area contributed by atoms with Crippen LogP contribution in [0.3, 0.4) is 0 Å². The second-order valence-corrected chi connectivity index (χ2v) is 3.74. The lowest BCUT2D eigenvalue weighted by atomic mass is 10.0. The Morgan fingerprint density at radius 1 is 1.25 bits per heavy atom. The molecule has 88 valence electrons. The molecule has 1 unspecified atom stereocenters. The van der Waals surface area contributed by atoms with Gasteiger partial charge in [0.1, 0.15) is 12.3 Å². The quantitative estimate of drug-likeness (QED) is 0.502. The number of carboxylic acids is 1. The first-order valence-corrected chi connectivity index (χ1v) is 4.99. The molecule has 1 aromatic carbocycles. The van der Waals surface area contributed by atoms with Gasteiger partial charge in [-0.1, -0.05) is 24.3 Å². The molecule has 2 atom stereocenters. The van der Waals surface area contributed by atoms with Gasteiger partial charge in [-0.05, 0) is 17.5 Å². The summed E-state index contributed by atoms with van der Waals surface area (Å²) in [6, 6.07) is 6.32. The zero-order valence-corrected chi connectivity index (χ0v) is 8.84. The summed E-state index contributed by atoms with van der Waals surface area (Å²) >= 11 is 0. The van der Waals surface area contributed by atoms with E-state index in [-0.39, 0.29) is 6.42 Å². The fourth-order valence-corrected chi connectivity index (χ4v) is 1.47. The third-order valence-electron chi connectivity index (χ3n) is 2.21. The van der Waals surface area contributed by atoms with Crippen molar-refractivity contribution in [2.24, 2.45) is 11.5 Å². The lowest BCUT2D eigenvalue weighted by molar-refractivity contribution is -0.138. The van der Waals surface area contributed by atoms with E-state index in [4.69, 9.17) is 21.7 Å². The molecule has 16 heavy (non-hydrogen) atoms. The van der Waals surface area contributed by atoms with Crippen LogP contribution in [0.4, 0.5) is 0 Å². The molecule has 0 aromatic heterocycles. The molecule has 0 amide bonds. The molecule has 0 aliphatic rings. The standard InChI is InChI=1S/C11H16N2O3/c12-9(11(15)16)5-7-2-1-3-8(4-7)6-10(13)14/h1-4,9-10,14H,5-6,12-13H2,(H,15,16)/t9-,10?/m0/s1. The highest BCUT2D eigenvalue weighted by Crippen LogP contribution is 2.08. The van der Waals surface area contributed by atoms with Crippen molar-refractivity contribution in [2.75, 3.05) is 0 Å². The summed E-state index contributed by atoms with van der Waals surface area (Å²) in [6.45, 7) is 0. The number of hydrogen-bond donors (Lipinski definition) is 4. The largest absolute Gasteiger partial charge is 0.480 e. The van der Waals surface area contributed by atoms with Crippen molar-refractivity contribution in [1.29, 1.82) is 0 Å². The van der Waals surface area contributed by atoms with Crippen LogP contribution in [0.5, 0.6) is 0 Å². The molecule has 0 aliphatic heterocycles. The molecule has 0 saturated heterocycles. The van der Waals surface area contributed by atoms with Gasteiger partial charge in [-0.15, -0.1) is 0 Å². The SMILES string of the molecule is NC(O)Cc1cccc(C[C@H](N)C(=O)O)c1. The Hall–Kier alpha value is -1.43. The highest BCUT2D eigenvalue weighted by Gasteiger charge is 2.12. The van der Waals surface area contributed by atoms with Crippen molar-refractivity contribution >= 4 is 5.97 Å². The maximum Gasteiger partial charge on any atom is 0.320 e.